The number of ether oxygens (including phenoxy) is 1. The number of hydrogen-bond acceptors (Lipinski definition) is 7. The number of para-hydroxylation sites is 1. The number of nitrogens with one attached hydrogen (secondary N) is 3. The Balaban J connectivity index is 2.20. The molecule has 0 aliphatic carbocycles. The number of nitrogens with zero attached hydrogens (tertiary/aromatic N) is 2. The zero-order chi connectivity index (χ0) is 21.4. The second-order valence-electron chi connectivity index (χ2n) is 5.80. The van der Waals surface area contributed by atoms with Crippen LogP contribution in [0.25, 0.3) is 0 Å². The predicted molar refractivity (Wildman–Crippen MR) is 104 cm³/mol. The van der Waals surface area contributed by atoms with E-state index in [1.54, 1.807) is 13.0 Å². The maximum Gasteiger partial charge on any atom is 0.275 e. The average molecular weight is 397 g/mol. The minimum absolute atomic E-state index is 0.117. The molecule has 0 saturated carbocycles. The van der Waals surface area contributed by atoms with Crippen LogP contribution in [0.3, 0.4) is 0 Å². The maximum absolute atomic E-state index is 12.6. The molecule has 2 aromatic carbocycles. The van der Waals surface area contributed by atoms with Gasteiger partial charge >= 0.3 is 0 Å². The molecule has 10 nitrogen and oxygen atoms in total. The molecule has 1 atom stereocenters. The number of hydrogen-bond donors (Lipinski definition) is 3. The van der Waals surface area contributed by atoms with Crippen molar-refractivity contribution in [2.45, 2.75) is 19.9 Å². The number of benzene rings is 2. The van der Waals surface area contributed by atoms with Crippen molar-refractivity contribution in [3.05, 3.63) is 63.7 Å². The van der Waals surface area contributed by atoms with E-state index in [1.165, 1.54) is 43.3 Å². The number of anilines is 1. The molecule has 0 spiro atoms. The lowest BCUT2D eigenvalue weighted by molar-refractivity contribution is -0.385. The summed E-state index contributed by atoms with van der Waals surface area (Å²) in [5.41, 5.74) is 5.37. The van der Waals surface area contributed by atoms with Crippen LogP contribution >= 0.6 is 0 Å². The smallest absolute Gasteiger partial charge is 0.275 e. The highest BCUT2D eigenvalue weighted by molar-refractivity contribution is 5.98. The monoisotopic (exact) mass is 397 g/mol. The number of amides is 2. The SMILES string of the molecule is CCOc1cc(NC(C)=O)ccc1C(=O)NN[C@@H](C#N)c1ccccc1[N+](=O)[O-]. The second-order valence-corrected chi connectivity index (χ2v) is 5.80. The van der Waals surface area contributed by atoms with Crippen LogP contribution < -0.4 is 20.9 Å². The molecular weight excluding hydrogens is 378 g/mol. The average Bonchev–Trinajstić information content (AvgIpc) is 2.68. The van der Waals surface area contributed by atoms with Gasteiger partial charge in [-0.3, -0.25) is 25.1 Å². The molecule has 0 heterocycles. The third kappa shape index (κ3) is 5.50. The Kier molecular flexibility index (Phi) is 7.22. The minimum Gasteiger partial charge on any atom is -0.493 e. The van der Waals surface area contributed by atoms with Gasteiger partial charge in [-0.1, -0.05) is 12.1 Å². The Bertz CT molecular complexity index is 970. The standard InChI is InChI=1S/C19H19N5O5/c1-3-29-18-10-13(21-12(2)25)8-9-15(18)19(26)23-22-16(11-20)14-6-4-5-7-17(14)24(27)28/h4-10,16,22H,3H2,1-2H3,(H,21,25)(H,23,26)/t16-/m0/s1. The van der Waals surface area contributed by atoms with Crippen molar-refractivity contribution in [2.24, 2.45) is 0 Å². The van der Waals surface area contributed by atoms with Gasteiger partial charge in [-0.2, -0.15) is 5.26 Å². The summed E-state index contributed by atoms with van der Waals surface area (Å²) in [5, 5.41) is 23.1. The van der Waals surface area contributed by atoms with Crippen LogP contribution in [0.2, 0.25) is 0 Å². The van der Waals surface area contributed by atoms with E-state index < -0.39 is 16.9 Å². The van der Waals surface area contributed by atoms with Gasteiger partial charge in [0.2, 0.25) is 5.91 Å². The number of nitriles is 1. The van der Waals surface area contributed by atoms with Crippen molar-refractivity contribution in [2.75, 3.05) is 11.9 Å². The van der Waals surface area contributed by atoms with Crippen molar-refractivity contribution in [1.29, 1.82) is 5.26 Å². The summed E-state index contributed by atoms with van der Waals surface area (Å²) >= 11 is 0. The van der Waals surface area contributed by atoms with E-state index in [2.05, 4.69) is 16.2 Å². The van der Waals surface area contributed by atoms with Crippen molar-refractivity contribution < 1.29 is 19.2 Å². The molecule has 10 heteroatoms. The van der Waals surface area contributed by atoms with E-state index in [4.69, 9.17) is 4.74 Å². The van der Waals surface area contributed by atoms with Crippen LogP contribution in [-0.2, 0) is 4.79 Å². The first kappa shape index (κ1) is 21.3. The summed E-state index contributed by atoms with van der Waals surface area (Å²) < 4.78 is 5.45. The van der Waals surface area contributed by atoms with Crippen molar-refractivity contribution in [3.63, 3.8) is 0 Å². The van der Waals surface area contributed by atoms with E-state index in [0.29, 0.717) is 5.69 Å². The molecule has 0 fully saturated rings. The first-order valence-electron chi connectivity index (χ1n) is 8.60. The quantitative estimate of drug-likeness (QED) is 0.458. The zero-order valence-electron chi connectivity index (χ0n) is 15.8. The van der Waals surface area contributed by atoms with E-state index >= 15 is 0 Å². The van der Waals surface area contributed by atoms with Gasteiger partial charge in [0.25, 0.3) is 11.6 Å². The summed E-state index contributed by atoms with van der Waals surface area (Å²) in [6, 6.07) is 11.0. The van der Waals surface area contributed by atoms with E-state index in [-0.39, 0.29) is 35.1 Å². The van der Waals surface area contributed by atoms with Crippen LogP contribution in [0, 0.1) is 21.4 Å². The fourth-order valence-corrected chi connectivity index (χ4v) is 2.55. The fourth-order valence-electron chi connectivity index (χ4n) is 2.55. The van der Waals surface area contributed by atoms with E-state index in [0.717, 1.165) is 0 Å². The Hall–Kier alpha value is -3.97. The third-order valence-electron chi connectivity index (χ3n) is 3.75. The molecule has 0 bridgehead atoms. The lowest BCUT2D eigenvalue weighted by atomic mass is 10.1. The Morgan fingerprint density at radius 2 is 2.00 bits per heavy atom. The molecule has 0 radical (unpaired) electrons. The van der Waals surface area contributed by atoms with Crippen molar-refractivity contribution in [3.8, 4) is 11.8 Å². The van der Waals surface area contributed by atoms with Gasteiger partial charge in [-0.25, -0.2) is 5.43 Å². The van der Waals surface area contributed by atoms with E-state index in [1.807, 2.05) is 6.07 Å². The number of carbonyl (C=O) groups excluding carboxylic acids is 2. The molecule has 0 aromatic heterocycles. The highest BCUT2D eigenvalue weighted by Gasteiger charge is 2.22. The minimum atomic E-state index is -1.14. The molecule has 2 amide bonds. The topological polar surface area (TPSA) is 146 Å². The number of nitro groups is 1. The predicted octanol–water partition coefficient (Wildman–Crippen LogP) is 2.45. The maximum atomic E-state index is 12.6. The molecule has 0 aliphatic rings. The molecule has 29 heavy (non-hydrogen) atoms. The molecule has 150 valence electrons. The first-order chi connectivity index (χ1) is 13.9. The van der Waals surface area contributed by atoms with Crippen LogP contribution in [0.5, 0.6) is 5.75 Å². The number of carbonyl (C=O) groups is 2. The third-order valence-corrected chi connectivity index (χ3v) is 3.75. The number of nitro benzene ring substituents is 1. The van der Waals surface area contributed by atoms with E-state index in [9.17, 15) is 25.0 Å². The number of hydrazine groups is 1. The van der Waals surface area contributed by atoms with Gasteiger partial charge < -0.3 is 10.1 Å². The summed E-state index contributed by atoms with van der Waals surface area (Å²) in [4.78, 5) is 34.3. The lowest BCUT2D eigenvalue weighted by Gasteiger charge is -2.15. The fraction of sp³-hybridized carbons (Fsp3) is 0.211. The Morgan fingerprint density at radius 3 is 2.62 bits per heavy atom. The zero-order valence-corrected chi connectivity index (χ0v) is 15.8. The van der Waals surface area contributed by atoms with Gasteiger partial charge in [0.15, 0.2) is 0 Å². The molecule has 0 unspecified atom stereocenters. The van der Waals surface area contributed by atoms with Crippen LogP contribution in [-0.4, -0.2) is 23.3 Å². The summed E-state index contributed by atoms with van der Waals surface area (Å²) in [6.45, 7) is 3.38. The summed E-state index contributed by atoms with van der Waals surface area (Å²) in [5.74, 6) is -0.647. The van der Waals surface area contributed by atoms with Gasteiger partial charge in [0.1, 0.15) is 11.8 Å². The van der Waals surface area contributed by atoms with Crippen LogP contribution in [0.15, 0.2) is 42.5 Å². The Morgan fingerprint density at radius 1 is 1.28 bits per heavy atom. The molecule has 2 rings (SSSR count). The largest absolute Gasteiger partial charge is 0.493 e. The molecule has 2 aromatic rings. The van der Waals surface area contributed by atoms with Crippen LogP contribution in [0.4, 0.5) is 11.4 Å². The number of rotatable bonds is 8. The molecule has 0 saturated heterocycles. The highest BCUT2D eigenvalue weighted by Crippen LogP contribution is 2.25. The molecule has 3 N–H and O–H groups in total. The van der Waals surface area contributed by atoms with Crippen molar-refractivity contribution >= 4 is 23.2 Å². The van der Waals surface area contributed by atoms with Gasteiger partial charge in [0, 0.05) is 24.7 Å². The van der Waals surface area contributed by atoms with Gasteiger partial charge in [-0.15, -0.1) is 0 Å². The normalized spacial score (nSPS) is 11.1. The summed E-state index contributed by atoms with van der Waals surface area (Å²) in [6.07, 6.45) is 0. The molecular formula is C19H19N5O5. The second kappa shape index (κ2) is 9.82. The van der Waals surface area contributed by atoms with Crippen molar-refractivity contribution in [1.82, 2.24) is 10.9 Å². The van der Waals surface area contributed by atoms with Crippen LogP contribution in [0.1, 0.15) is 35.8 Å². The highest BCUT2D eigenvalue weighted by atomic mass is 16.6. The summed E-state index contributed by atoms with van der Waals surface area (Å²) in [7, 11) is 0. The van der Waals surface area contributed by atoms with Gasteiger partial charge in [0.05, 0.1) is 28.7 Å². The lowest BCUT2D eigenvalue weighted by Crippen LogP contribution is -2.40. The van der Waals surface area contributed by atoms with Gasteiger partial charge in [-0.05, 0) is 25.1 Å². The first-order valence-corrected chi connectivity index (χ1v) is 8.60. The Labute approximate surface area is 166 Å². The molecule has 0 aliphatic heterocycles.